The summed E-state index contributed by atoms with van der Waals surface area (Å²) in [5.41, 5.74) is 0. The van der Waals surface area contributed by atoms with Crippen molar-refractivity contribution in [1.82, 2.24) is 0 Å². The molecule has 1 aromatic rings. The molecule has 1 aromatic carbocycles. The van der Waals surface area contributed by atoms with Crippen LogP contribution in [0.3, 0.4) is 0 Å². The zero-order valence-corrected chi connectivity index (χ0v) is 12.2. The topological polar surface area (TPSA) is 0 Å². The molecule has 0 heterocycles. The fourth-order valence-corrected chi connectivity index (χ4v) is 6.64. The molecular formula is C12H20Si2. The SMILES string of the molecule is C[Si](C)(C)c1cc#ccc1[Si](C)(C)C. The Labute approximate surface area is 90.4 Å². The molecule has 0 saturated carbocycles. The van der Waals surface area contributed by atoms with Crippen LogP contribution in [0.4, 0.5) is 0 Å². The van der Waals surface area contributed by atoms with E-state index in [1.165, 1.54) is 0 Å². The van der Waals surface area contributed by atoms with E-state index in [-0.39, 0.29) is 0 Å². The molecular weight excluding hydrogens is 200 g/mol. The second-order valence-electron chi connectivity index (χ2n) is 5.90. The summed E-state index contributed by atoms with van der Waals surface area (Å²) in [6.07, 6.45) is 0. The van der Waals surface area contributed by atoms with Crippen molar-refractivity contribution in [3.8, 4) is 0 Å². The van der Waals surface area contributed by atoms with E-state index in [4.69, 9.17) is 0 Å². The van der Waals surface area contributed by atoms with Crippen molar-refractivity contribution < 1.29 is 0 Å². The molecule has 0 saturated heterocycles. The van der Waals surface area contributed by atoms with Gasteiger partial charge in [-0.1, -0.05) is 61.8 Å². The molecule has 0 aliphatic heterocycles. The molecule has 0 bridgehead atoms. The Bertz CT molecular complexity index is 283. The van der Waals surface area contributed by atoms with Crippen molar-refractivity contribution >= 4 is 26.5 Å². The number of rotatable bonds is 2. The van der Waals surface area contributed by atoms with E-state index < -0.39 is 16.1 Å². The Kier molecular flexibility index (Phi) is 2.94. The Hall–Kier alpha value is -0.526. The maximum absolute atomic E-state index is 3.11. The molecule has 0 N–H and O–H groups in total. The van der Waals surface area contributed by atoms with Crippen LogP contribution < -0.4 is 10.4 Å². The highest BCUT2D eigenvalue weighted by Crippen LogP contribution is 2.05. The molecule has 14 heavy (non-hydrogen) atoms. The minimum atomic E-state index is -1.20. The molecule has 0 aliphatic carbocycles. The van der Waals surface area contributed by atoms with Crippen LogP contribution in [0.1, 0.15) is 0 Å². The van der Waals surface area contributed by atoms with Crippen LogP contribution in [0.15, 0.2) is 12.1 Å². The van der Waals surface area contributed by atoms with Gasteiger partial charge in [0, 0.05) is 0 Å². The van der Waals surface area contributed by atoms with Crippen molar-refractivity contribution in [2.75, 3.05) is 0 Å². The van der Waals surface area contributed by atoms with Gasteiger partial charge in [-0.25, -0.2) is 0 Å². The maximum atomic E-state index is 3.11. The lowest BCUT2D eigenvalue weighted by Gasteiger charge is -2.26. The molecule has 2 heteroatoms. The van der Waals surface area contributed by atoms with E-state index in [2.05, 4.69) is 63.5 Å². The van der Waals surface area contributed by atoms with E-state index in [1.807, 2.05) is 0 Å². The summed E-state index contributed by atoms with van der Waals surface area (Å²) in [4.78, 5) is 0. The first-order valence-corrected chi connectivity index (χ1v) is 12.2. The lowest BCUT2D eigenvalue weighted by atomic mass is 10.4. The largest absolute Gasteiger partial charge is 0.0783 e. The van der Waals surface area contributed by atoms with E-state index >= 15 is 0 Å². The van der Waals surface area contributed by atoms with Crippen molar-refractivity contribution in [1.29, 1.82) is 0 Å². The average Bonchev–Trinajstić information content (AvgIpc) is 2.01. The van der Waals surface area contributed by atoms with Gasteiger partial charge >= 0.3 is 0 Å². The predicted octanol–water partition coefficient (Wildman–Crippen LogP) is 2.38. The highest BCUT2D eigenvalue weighted by molar-refractivity contribution is 6.98. The summed E-state index contributed by atoms with van der Waals surface area (Å²) in [7, 11) is -2.41. The van der Waals surface area contributed by atoms with Gasteiger partial charge in [0.15, 0.2) is 0 Å². The standard InChI is InChI=1S/C12H20Si2/c1-13(2,3)11-9-7-8-10-12(11)14(4,5)6/h9-10H,1-6H3. The van der Waals surface area contributed by atoms with Gasteiger partial charge in [-0.3, -0.25) is 0 Å². The van der Waals surface area contributed by atoms with E-state index in [0.717, 1.165) is 0 Å². The molecule has 76 valence electrons. The zero-order chi connectivity index (χ0) is 11.0. The van der Waals surface area contributed by atoms with E-state index in [0.29, 0.717) is 0 Å². The minimum Gasteiger partial charge on any atom is -0.0704 e. The molecule has 0 fully saturated rings. The predicted molar refractivity (Wildman–Crippen MR) is 70.1 cm³/mol. The van der Waals surface area contributed by atoms with Gasteiger partial charge in [-0.2, -0.15) is 0 Å². The van der Waals surface area contributed by atoms with Crippen LogP contribution in [0.2, 0.25) is 39.3 Å². The van der Waals surface area contributed by atoms with Gasteiger partial charge in [0.2, 0.25) is 0 Å². The Morgan fingerprint density at radius 3 is 1.21 bits per heavy atom. The third-order valence-corrected chi connectivity index (χ3v) is 6.73. The highest BCUT2D eigenvalue weighted by Gasteiger charge is 2.26. The lowest BCUT2D eigenvalue weighted by Crippen LogP contribution is -2.55. The zero-order valence-electron chi connectivity index (χ0n) is 10.2. The van der Waals surface area contributed by atoms with Crippen LogP contribution in [0.25, 0.3) is 0 Å². The molecule has 0 spiro atoms. The van der Waals surface area contributed by atoms with Crippen molar-refractivity contribution in [3.05, 3.63) is 24.3 Å². The smallest absolute Gasteiger partial charge is 0.0704 e. The van der Waals surface area contributed by atoms with Crippen LogP contribution >= 0.6 is 0 Å². The highest BCUT2D eigenvalue weighted by atomic mass is 28.3. The van der Waals surface area contributed by atoms with Crippen LogP contribution in [0.5, 0.6) is 0 Å². The second kappa shape index (κ2) is 3.56. The maximum Gasteiger partial charge on any atom is 0.0783 e. The van der Waals surface area contributed by atoms with Gasteiger partial charge in [-0.05, 0) is 12.1 Å². The molecule has 0 unspecified atom stereocenters. The average molecular weight is 220 g/mol. The number of hydrogen-bond donors (Lipinski definition) is 0. The van der Waals surface area contributed by atoms with Gasteiger partial charge in [0.05, 0.1) is 16.1 Å². The number of hydrogen-bond acceptors (Lipinski definition) is 0. The monoisotopic (exact) mass is 220 g/mol. The summed E-state index contributed by atoms with van der Waals surface area (Å²) in [5.74, 6) is 0. The molecule has 1 rings (SSSR count). The second-order valence-corrected chi connectivity index (χ2v) is 16.0. The van der Waals surface area contributed by atoms with Crippen molar-refractivity contribution in [3.63, 3.8) is 0 Å². The summed E-state index contributed by atoms with van der Waals surface area (Å²) in [6.45, 7) is 14.4. The quantitative estimate of drug-likeness (QED) is 0.671. The molecule has 0 radical (unpaired) electrons. The third kappa shape index (κ3) is 2.49. The van der Waals surface area contributed by atoms with E-state index in [1.54, 1.807) is 10.4 Å². The van der Waals surface area contributed by atoms with Crippen molar-refractivity contribution in [2.45, 2.75) is 39.3 Å². The summed E-state index contributed by atoms with van der Waals surface area (Å²) in [5, 5.41) is 3.16. The Morgan fingerprint density at radius 2 is 1.00 bits per heavy atom. The van der Waals surface area contributed by atoms with E-state index in [9.17, 15) is 0 Å². The van der Waals surface area contributed by atoms with Crippen molar-refractivity contribution in [2.24, 2.45) is 0 Å². The van der Waals surface area contributed by atoms with Crippen LogP contribution in [-0.2, 0) is 0 Å². The first kappa shape index (κ1) is 11.5. The van der Waals surface area contributed by atoms with Crippen LogP contribution in [0, 0.1) is 12.1 Å². The Morgan fingerprint density at radius 1 is 0.714 bits per heavy atom. The normalized spacial score (nSPS) is 12.4. The third-order valence-electron chi connectivity index (χ3n) is 2.42. The first-order valence-electron chi connectivity index (χ1n) is 5.15. The van der Waals surface area contributed by atoms with Gasteiger partial charge in [-0.15, -0.1) is 0 Å². The molecule has 0 aromatic heterocycles. The fraction of sp³-hybridized carbons (Fsp3) is 0.500. The minimum absolute atomic E-state index is 1.20. The van der Waals surface area contributed by atoms with Crippen LogP contribution in [-0.4, -0.2) is 16.1 Å². The first-order chi connectivity index (χ1) is 6.23. The summed E-state index contributed by atoms with van der Waals surface area (Å²) < 4.78 is 0. The Balaban J connectivity index is 3.31. The lowest BCUT2D eigenvalue weighted by molar-refractivity contribution is 1.68. The van der Waals surface area contributed by atoms with Gasteiger partial charge in [0.25, 0.3) is 0 Å². The fourth-order valence-electron chi connectivity index (χ4n) is 1.62. The molecule has 0 atom stereocenters. The summed E-state index contributed by atoms with van der Waals surface area (Å²) >= 11 is 0. The molecule has 0 aliphatic rings. The molecule has 0 nitrogen and oxygen atoms in total. The van der Waals surface area contributed by atoms with Gasteiger partial charge in [0.1, 0.15) is 0 Å². The molecule has 0 amide bonds. The van der Waals surface area contributed by atoms with Gasteiger partial charge < -0.3 is 0 Å². The summed E-state index contributed by atoms with van der Waals surface area (Å²) in [6, 6.07) is 10.6.